The molecule has 0 N–H and O–H groups in total. The van der Waals surface area contributed by atoms with Gasteiger partial charge in [0.2, 0.25) is 0 Å². The lowest BCUT2D eigenvalue weighted by Crippen LogP contribution is -2.29. The van der Waals surface area contributed by atoms with Gasteiger partial charge in [0.1, 0.15) is 0 Å². The van der Waals surface area contributed by atoms with E-state index in [0.29, 0.717) is 5.92 Å². The standard InChI is InChI=1S/C20H24O/c1-5-15(2)16-11-13-17(14-12-16)19(21)20(3,4)18-9-7-6-8-10-18/h6-15H,5H2,1-4H3. The second-order valence-corrected chi connectivity index (χ2v) is 6.25. The summed E-state index contributed by atoms with van der Waals surface area (Å²) in [5.74, 6) is 0.709. The van der Waals surface area contributed by atoms with Gasteiger partial charge in [-0.2, -0.15) is 0 Å². The molecule has 21 heavy (non-hydrogen) atoms. The number of benzene rings is 2. The minimum absolute atomic E-state index is 0.171. The average molecular weight is 280 g/mol. The maximum Gasteiger partial charge on any atom is 0.172 e. The summed E-state index contributed by atoms with van der Waals surface area (Å²) in [5.41, 5.74) is 2.64. The van der Waals surface area contributed by atoms with Crippen LogP contribution in [0.2, 0.25) is 0 Å². The van der Waals surface area contributed by atoms with Crippen LogP contribution in [0.4, 0.5) is 0 Å². The van der Waals surface area contributed by atoms with Gasteiger partial charge in [0.25, 0.3) is 0 Å². The van der Waals surface area contributed by atoms with Crippen LogP contribution in [0.5, 0.6) is 0 Å². The highest BCUT2D eigenvalue weighted by molar-refractivity contribution is 6.03. The Morgan fingerprint density at radius 1 is 1.00 bits per heavy atom. The van der Waals surface area contributed by atoms with Gasteiger partial charge in [-0.05, 0) is 37.3 Å². The Hall–Kier alpha value is -1.89. The van der Waals surface area contributed by atoms with E-state index in [4.69, 9.17) is 0 Å². The third-order valence-electron chi connectivity index (χ3n) is 4.42. The normalized spacial score (nSPS) is 13.0. The van der Waals surface area contributed by atoms with Gasteiger partial charge < -0.3 is 0 Å². The molecule has 0 spiro atoms. The molecule has 0 aliphatic carbocycles. The number of hydrogen-bond acceptors (Lipinski definition) is 1. The Kier molecular flexibility index (Phi) is 4.62. The molecule has 0 heterocycles. The lowest BCUT2D eigenvalue weighted by Gasteiger charge is -2.24. The fourth-order valence-electron chi connectivity index (χ4n) is 2.55. The first-order valence-corrected chi connectivity index (χ1v) is 7.67. The molecule has 1 unspecified atom stereocenters. The maximum absolute atomic E-state index is 12.8. The van der Waals surface area contributed by atoms with Crippen molar-refractivity contribution in [2.24, 2.45) is 0 Å². The van der Waals surface area contributed by atoms with Crippen LogP contribution in [0.15, 0.2) is 54.6 Å². The van der Waals surface area contributed by atoms with Crippen LogP contribution in [0.25, 0.3) is 0 Å². The average Bonchev–Trinajstić information content (AvgIpc) is 2.54. The van der Waals surface area contributed by atoms with Gasteiger partial charge in [0, 0.05) is 5.56 Å². The topological polar surface area (TPSA) is 17.1 Å². The van der Waals surface area contributed by atoms with E-state index in [1.807, 2.05) is 56.3 Å². The summed E-state index contributed by atoms with van der Waals surface area (Å²) in [5, 5.41) is 0. The van der Waals surface area contributed by atoms with E-state index in [1.165, 1.54) is 5.56 Å². The number of carbonyl (C=O) groups is 1. The smallest absolute Gasteiger partial charge is 0.172 e. The molecule has 0 radical (unpaired) electrons. The quantitative estimate of drug-likeness (QED) is 0.674. The van der Waals surface area contributed by atoms with Crippen LogP contribution in [0.1, 0.15) is 61.5 Å². The first-order valence-electron chi connectivity index (χ1n) is 7.67. The van der Waals surface area contributed by atoms with Gasteiger partial charge in [-0.3, -0.25) is 4.79 Å². The Bertz CT molecular complexity index is 593. The summed E-state index contributed by atoms with van der Waals surface area (Å²) in [4.78, 5) is 12.8. The van der Waals surface area contributed by atoms with E-state index in [2.05, 4.69) is 26.0 Å². The molecule has 0 fully saturated rings. The number of Topliss-reactive ketones (excluding diaryl/α,β-unsaturated/α-hetero) is 1. The summed E-state index contributed by atoms with van der Waals surface area (Å²) in [6, 6.07) is 18.1. The molecule has 110 valence electrons. The van der Waals surface area contributed by atoms with Gasteiger partial charge >= 0.3 is 0 Å². The molecule has 1 atom stereocenters. The van der Waals surface area contributed by atoms with Crippen LogP contribution in [0, 0.1) is 0 Å². The summed E-state index contributed by atoms with van der Waals surface area (Å²) in [6.45, 7) is 8.38. The number of ketones is 1. The van der Waals surface area contributed by atoms with Gasteiger partial charge in [-0.1, -0.05) is 68.4 Å². The zero-order chi connectivity index (χ0) is 15.5. The fraction of sp³-hybridized carbons (Fsp3) is 0.350. The minimum atomic E-state index is -0.501. The molecule has 2 aromatic carbocycles. The zero-order valence-electron chi connectivity index (χ0n) is 13.4. The van der Waals surface area contributed by atoms with Crippen LogP contribution in [-0.2, 0) is 5.41 Å². The number of carbonyl (C=O) groups excluding carboxylic acids is 1. The Morgan fingerprint density at radius 3 is 2.10 bits per heavy atom. The van der Waals surface area contributed by atoms with Crippen molar-refractivity contribution < 1.29 is 4.79 Å². The van der Waals surface area contributed by atoms with Crippen molar-refractivity contribution in [1.29, 1.82) is 0 Å². The van der Waals surface area contributed by atoms with Crippen molar-refractivity contribution in [1.82, 2.24) is 0 Å². The molecule has 1 nitrogen and oxygen atoms in total. The van der Waals surface area contributed by atoms with Gasteiger partial charge in [0.15, 0.2) is 5.78 Å². The lowest BCUT2D eigenvalue weighted by molar-refractivity contribution is 0.0908. The molecule has 2 rings (SSSR count). The first kappa shape index (κ1) is 15.5. The molecule has 0 aromatic heterocycles. The first-order chi connectivity index (χ1) is 9.96. The Balaban J connectivity index is 2.27. The van der Waals surface area contributed by atoms with Crippen molar-refractivity contribution in [2.75, 3.05) is 0 Å². The summed E-state index contributed by atoms with van der Waals surface area (Å²) >= 11 is 0. The van der Waals surface area contributed by atoms with E-state index >= 15 is 0 Å². The highest BCUT2D eigenvalue weighted by Crippen LogP contribution is 2.28. The minimum Gasteiger partial charge on any atom is -0.293 e. The molecule has 0 aliphatic rings. The van der Waals surface area contributed by atoms with Crippen molar-refractivity contribution >= 4 is 5.78 Å². The van der Waals surface area contributed by atoms with Crippen LogP contribution >= 0.6 is 0 Å². The SMILES string of the molecule is CCC(C)c1ccc(C(=O)C(C)(C)c2ccccc2)cc1. The Morgan fingerprint density at radius 2 is 1.57 bits per heavy atom. The highest BCUT2D eigenvalue weighted by Gasteiger charge is 2.30. The number of rotatable bonds is 5. The number of hydrogen-bond donors (Lipinski definition) is 0. The van der Waals surface area contributed by atoms with Crippen molar-refractivity contribution in [3.63, 3.8) is 0 Å². The van der Waals surface area contributed by atoms with Crippen LogP contribution in [-0.4, -0.2) is 5.78 Å². The zero-order valence-corrected chi connectivity index (χ0v) is 13.4. The van der Waals surface area contributed by atoms with Gasteiger partial charge in [-0.15, -0.1) is 0 Å². The molecule has 0 amide bonds. The largest absolute Gasteiger partial charge is 0.293 e. The van der Waals surface area contributed by atoms with Crippen LogP contribution in [0.3, 0.4) is 0 Å². The summed E-state index contributed by atoms with van der Waals surface area (Å²) < 4.78 is 0. The molecule has 1 heteroatoms. The lowest BCUT2D eigenvalue weighted by atomic mass is 9.78. The van der Waals surface area contributed by atoms with E-state index in [1.54, 1.807) is 0 Å². The molecular weight excluding hydrogens is 256 g/mol. The highest BCUT2D eigenvalue weighted by atomic mass is 16.1. The monoisotopic (exact) mass is 280 g/mol. The fourth-order valence-corrected chi connectivity index (χ4v) is 2.55. The second kappa shape index (κ2) is 6.26. The predicted octanol–water partition coefficient (Wildman–Crippen LogP) is 5.36. The third kappa shape index (κ3) is 3.24. The van der Waals surface area contributed by atoms with E-state index in [9.17, 15) is 4.79 Å². The molecule has 0 saturated carbocycles. The van der Waals surface area contributed by atoms with E-state index < -0.39 is 5.41 Å². The second-order valence-electron chi connectivity index (χ2n) is 6.25. The third-order valence-corrected chi connectivity index (χ3v) is 4.42. The Labute approximate surface area is 128 Å². The predicted molar refractivity (Wildman–Crippen MR) is 88.9 cm³/mol. The van der Waals surface area contributed by atoms with Crippen molar-refractivity contribution in [3.05, 3.63) is 71.3 Å². The molecule has 0 aliphatic heterocycles. The van der Waals surface area contributed by atoms with Gasteiger partial charge in [0.05, 0.1) is 5.41 Å². The van der Waals surface area contributed by atoms with E-state index in [-0.39, 0.29) is 5.78 Å². The maximum atomic E-state index is 12.8. The van der Waals surface area contributed by atoms with Crippen LogP contribution < -0.4 is 0 Å². The summed E-state index contributed by atoms with van der Waals surface area (Å²) in [7, 11) is 0. The molecule has 2 aromatic rings. The van der Waals surface area contributed by atoms with Gasteiger partial charge in [-0.25, -0.2) is 0 Å². The summed E-state index contributed by atoms with van der Waals surface area (Å²) in [6.07, 6.45) is 1.11. The molecule has 0 bridgehead atoms. The van der Waals surface area contributed by atoms with E-state index in [0.717, 1.165) is 17.5 Å². The molecule has 0 saturated heterocycles. The molecular formula is C20H24O. The van der Waals surface area contributed by atoms with Crippen molar-refractivity contribution in [2.45, 2.75) is 45.4 Å². The van der Waals surface area contributed by atoms with Crippen molar-refractivity contribution in [3.8, 4) is 0 Å².